The Balaban J connectivity index is 1.30. The fourth-order valence-electron chi connectivity index (χ4n) is 3.95. The third kappa shape index (κ3) is 4.23. The molecule has 0 aliphatic carbocycles. The molecule has 2 aliphatic heterocycles. The topological polar surface area (TPSA) is 77.7 Å². The van der Waals surface area contributed by atoms with Crippen LogP contribution >= 0.6 is 0 Å². The van der Waals surface area contributed by atoms with Crippen molar-refractivity contribution in [3.63, 3.8) is 0 Å². The summed E-state index contributed by atoms with van der Waals surface area (Å²) in [5.74, 6) is 3.21. The van der Waals surface area contributed by atoms with Crippen LogP contribution in [0.5, 0.6) is 11.5 Å². The molecule has 7 nitrogen and oxygen atoms in total. The highest BCUT2D eigenvalue weighted by Crippen LogP contribution is 2.41. The third-order valence-electron chi connectivity index (χ3n) is 5.55. The first-order valence-electron chi connectivity index (χ1n) is 10.4. The molecule has 2 aliphatic rings. The predicted octanol–water partition coefficient (Wildman–Crippen LogP) is 3.69. The summed E-state index contributed by atoms with van der Waals surface area (Å²) in [4.78, 5) is 14.5. The molecule has 1 saturated heterocycles. The molecule has 1 fully saturated rings. The fraction of sp³-hybridized carbons (Fsp3) is 0.591. The maximum atomic E-state index is 12.6. The second-order valence-corrected chi connectivity index (χ2v) is 8.86. The number of nitrogens with zero attached hydrogens (tertiary/aromatic N) is 3. The second-order valence-electron chi connectivity index (χ2n) is 8.86. The summed E-state index contributed by atoms with van der Waals surface area (Å²) < 4.78 is 17.6. The molecule has 7 heteroatoms. The normalized spacial score (nSPS) is 18.6. The molecule has 1 aromatic carbocycles. The minimum Gasteiger partial charge on any atom is -0.483 e. The number of aromatic nitrogens is 2. The van der Waals surface area contributed by atoms with Gasteiger partial charge in [0.25, 0.3) is 5.91 Å². The molecule has 1 aromatic heterocycles. The van der Waals surface area contributed by atoms with Crippen LogP contribution in [0, 0.1) is 0 Å². The average molecular weight is 399 g/mol. The van der Waals surface area contributed by atoms with Gasteiger partial charge in [-0.15, -0.1) is 10.2 Å². The van der Waals surface area contributed by atoms with Crippen LogP contribution < -0.4 is 9.47 Å². The van der Waals surface area contributed by atoms with Crippen LogP contribution in [0.4, 0.5) is 0 Å². The van der Waals surface area contributed by atoms with Crippen LogP contribution in [0.3, 0.4) is 0 Å². The van der Waals surface area contributed by atoms with Crippen LogP contribution in [-0.4, -0.2) is 46.3 Å². The van der Waals surface area contributed by atoms with Crippen molar-refractivity contribution in [2.75, 3.05) is 19.7 Å². The molecule has 0 atom stereocenters. The van der Waals surface area contributed by atoms with E-state index >= 15 is 0 Å². The monoisotopic (exact) mass is 399 g/mol. The summed E-state index contributed by atoms with van der Waals surface area (Å²) in [5, 5.41) is 8.31. The Bertz CT molecular complexity index is 882. The SMILES string of the molecule is CC(C)c1nnc(C2CCN(C(=O)COc3cccc4c3OC(C)(C)C4)CC2)o1. The summed E-state index contributed by atoms with van der Waals surface area (Å²) in [5.41, 5.74) is 0.888. The van der Waals surface area contributed by atoms with E-state index in [2.05, 4.69) is 24.0 Å². The number of hydrogen-bond acceptors (Lipinski definition) is 6. The molecule has 29 heavy (non-hydrogen) atoms. The van der Waals surface area contributed by atoms with Gasteiger partial charge in [0.1, 0.15) is 5.60 Å². The van der Waals surface area contributed by atoms with Crippen molar-refractivity contribution in [3.8, 4) is 11.5 Å². The van der Waals surface area contributed by atoms with Gasteiger partial charge in [-0.2, -0.15) is 0 Å². The highest BCUT2D eigenvalue weighted by molar-refractivity contribution is 5.78. The van der Waals surface area contributed by atoms with Crippen molar-refractivity contribution < 1.29 is 18.7 Å². The minimum atomic E-state index is -0.238. The summed E-state index contributed by atoms with van der Waals surface area (Å²) in [6.45, 7) is 9.53. The number of amides is 1. The summed E-state index contributed by atoms with van der Waals surface area (Å²) >= 11 is 0. The lowest BCUT2D eigenvalue weighted by Crippen LogP contribution is -2.40. The van der Waals surface area contributed by atoms with E-state index in [1.54, 1.807) is 0 Å². The number of fused-ring (bicyclic) bond motifs is 1. The molecule has 4 rings (SSSR count). The van der Waals surface area contributed by atoms with E-state index in [0.717, 1.165) is 30.6 Å². The van der Waals surface area contributed by atoms with Crippen LogP contribution in [0.25, 0.3) is 0 Å². The molecule has 2 aromatic rings. The van der Waals surface area contributed by atoms with E-state index in [4.69, 9.17) is 13.9 Å². The van der Waals surface area contributed by atoms with E-state index in [9.17, 15) is 4.79 Å². The van der Waals surface area contributed by atoms with Gasteiger partial charge in [-0.3, -0.25) is 4.79 Å². The smallest absolute Gasteiger partial charge is 0.260 e. The molecule has 0 bridgehead atoms. The highest BCUT2D eigenvalue weighted by Gasteiger charge is 2.33. The Hall–Kier alpha value is -2.57. The maximum absolute atomic E-state index is 12.6. The molecular weight excluding hydrogens is 370 g/mol. The van der Waals surface area contributed by atoms with Crippen molar-refractivity contribution in [1.29, 1.82) is 0 Å². The van der Waals surface area contributed by atoms with Crippen molar-refractivity contribution in [2.24, 2.45) is 0 Å². The van der Waals surface area contributed by atoms with Crippen molar-refractivity contribution in [2.45, 2.75) is 64.4 Å². The fourth-order valence-corrected chi connectivity index (χ4v) is 3.95. The van der Waals surface area contributed by atoms with Crippen LogP contribution in [0.1, 0.15) is 69.7 Å². The number of carbonyl (C=O) groups excluding carboxylic acids is 1. The number of piperidine rings is 1. The van der Waals surface area contributed by atoms with Gasteiger partial charge in [-0.05, 0) is 32.8 Å². The van der Waals surface area contributed by atoms with E-state index in [1.807, 2.05) is 36.9 Å². The number of hydrogen-bond donors (Lipinski definition) is 0. The van der Waals surface area contributed by atoms with Gasteiger partial charge in [0.05, 0.1) is 0 Å². The van der Waals surface area contributed by atoms with Crippen molar-refractivity contribution in [3.05, 3.63) is 35.5 Å². The molecule has 0 saturated carbocycles. The first-order valence-corrected chi connectivity index (χ1v) is 10.4. The van der Waals surface area contributed by atoms with Gasteiger partial charge >= 0.3 is 0 Å². The lowest BCUT2D eigenvalue weighted by Gasteiger charge is -2.30. The summed E-state index contributed by atoms with van der Waals surface area (Å²) in [7, 11) is 0. The molecule has 0 spiro atoms. The molecule has 0 unspecified atom stereocenters. The number of rotatable bonds is 5. The lowest BCUT2D eigenvalue weighted by atomic mass is 9.97. The standard InChI is InChI=1S/C22H29N3O4/c1-14(2)20-23-24-21(28-20)15-8-10-25(11-9-15)18(26)13-27-17-7-5-6-16-12-22(3,4)29-19(16)17/h5-7,14-15H,8-13H2,1-4H3. The third-order valence-corrected chi connectivity index (χ3v) is 5.55. The Morgan fingerprint density at radius 3 is 2.72 bits per heavy atom. The first-order chi connectivity index (χ1) is 13.8. The van der Waals surface area contributed by atoms with E-state index in [-0.39, 0.29) is 30.0 Å². The summed E-state index contributed by atoms with van der Waals surface area (Å²) in [6, 6.07) is 5.86. The van der Waals surface area contributed by atoms with E-state index < -0.39 is 0 Å². The molecule has 156 valence electrons. The van der Waals surface area contributed by atoms with Gasteiger partial charge in [0, 0.05) is 36.9 Å². The van der Waals surface area contributed by atoms with Gasteiger partial charge in [0.15, 0.2) is 18.1 Å². The van der Waals surface area contributed by atoms with Crippen LogP contribution in [0.15, 0.2) is 22.6 Å². The first kappa shape index (κ1) is 19.7. The number of carbonyl (C=O) groups is 1. The van der Waals surface area contributed by atoms with Crippen LogP contribution in [-0.2, 0) is 11.2 Å². The zero-order chi connectivity index (χ0) is 20.6. The Labute approximate surface area is 171 Å². The Morgan fingerprint density at radius 2 is 2.03 bits per heavy atom. The average Bonchev–Trinajstić information content (AvgIpc) is 3.29. The highest BCUT2D eigenvalue weighted by atomic mass is 16.5. The van der Waals surface area contributed by atoms with E-state index in [0.29, 0.717) is 30.6 Å². The zero-order valence-corrected chi connectivity index (χ0v) is 17.6. The number of benzene rings is 1. The molecule has 0 radical (unpaired) electrons. The molecule has 0 N–H and O–H groups in total. The molecule has 1 amide bonds. The van der Waals surface area contributed by atoms with Gasteiger partial charge in [0.2, 0.25) is 11.8 Å². The number of likely N-dealkylation sites (tertiary alicyclic amines) is 1. The van der Waals surface area contributed by atoms with Gasteiger partial charge in [-0.25, -0.2) is 0 Å². The van der Waals surface area contributed by atoms with E-state index in [1.165, 1.54) is 0 Å². The van der Waals surface area contributed by atoms with Crippen molar-refractivity contribution in [1.82, 2.24) is 15.1 Å². The summed E-state index contributed by atoms with van der Waals surface area (Å²) in [6.07, 6.45) is 2.49. The number of para-hydroxylation sites is 1. The van der Waals surface area contributed by atoms with Crippen LogP contribution in [0.2, 0.25) is 0 Å². The lowest BCUT2D eigenvalue weighted by molar-refractivity contribution is -0.134. The predicted molar refractivity (Wildman–Crippen MR) is 107 cm³/mol. The maximum Gasteiger partial charge on any atom is 0.260 e. The van der Waals surface area contributed by atoms with Gasteiger partial charge in [-0.1, -0.05) is 26.0 Å². The second kappa shape index (κ2) is 7.69. The number of ether oxygens (including phenoxy) is 2. The quantitative estimate of drug-likeness (QED) is 0.763. The van der Waals surface area contributed by atoms with Crippen molar-refractivity contribution >= 4 is 5.91 Å². The largest absolute Gasteiger partial charge is 0.483 e. The molecular formula is C22H29N3O4. The minimum absolute atomic E-state index is 0.00768. The Kier molecular flexibility index (Phi) is 5.23. The zero-order valence-electron chi connectivity index (χ0n) is 17.6. The Morgan fingerprint density at radius 1 is 1.28 bits per heavy atom. The molecule has 3 heterocycles. The van der Waals surface area contributed by atoms with Gasteiger partial charge < -0.3 is 18.8 Å².